The second-order valence-corrected chi connectivity index (χ2v) is 16.2. The van der Waals surface area contributed by atoms with Crippen molar-refractivity contribution in [2.24, 2.45) is 0 Å². The summed E-state index contributed by atoms with van der Waals surface area (Å²) in [5, 5.41) is 0. The molecule has 0 aromatic rings. The van der Waals surface area contributed by atoms with Crippen molar-refractivity contribution in [1.29, 1.82) is 0 Å². The number of rotatable bonds is 36. The van der Waals surface area contributed by atoms with Gasteiger partial charge in [-0.15, -0.1) is 0 Å². The third kappa shape index (κ3) is 27.1. The summed E-state index contributed by atoms with van der Waals surface area (Å²) in [6.45, 7) is 18.6. The van der Waals surface area contributed by atoms with E-state index in [0.717, 1.165) is 0 Å². The minimum atomic E-state index is 0.307. The molecule has 0 unspecified atom stereocenters. The van der Waals surface area contributed by atoms with Gasteiger partial charge >= 0.3 is 0 Å². The SMILES string of the molecule is CCCCCCCCCCCCCCC(C)(C)N(CCCCCCCCC)C(C)(C)CCCCCCCCCCCCCC. The Morgan fingerprint density at radius 3 is 0.727 bits per heavy atom. The average Bonchev–Trinajstić information content (AvgIpc) is 2.99. The number of unbranched alkanes of at least 4 members (excludes halogenated alkanes) is 28. The molecule has 0 bridgehead atoms. The molecule has 44 heavy (non-hydrogen) atoms. The van der Waals surface area contributed by atoms with Crippen LogP contribution in [-0.4, -0.2) is 22.5 Å². The third-order valence-corrected chi connectivity index (χ3v) is 10.7. The van der Waals surface area contributed by atoms with Gasteiger partial charge in [0.25, 0.3) is 0 Å². The van der Waals surface area contributed by atoms with Gasteiger partial charge < -0.3 is 0 Å². The van der Waals surface area contributed by atoms with E-state index in [2.05, 4.69) is 53.4 Å². The van der Waals surface area contributed by atoms with Crippen molar-refractivity contribution in [3.8, 4) is 0 Å². The molecule has 0 aromatic carbocycles. The lowest BCUT2D eigenvalue weighted by Crippen LogP contribution is -2.55. The van der Waals surface area contributed by atoms with E-state index in [1.165, 1.54) is 218 Å². The predicted octanol–water partition coefficient (Wildman–Crippen LogP) is 15.8. The molecule has 0 rings (SSSR count). The summed E-state index contributed by atoms with van der Waals surface area (Å²) in [5.41, 5.74) is 0.614. The van der Waals surface area contributed by atoms with Gasteiger partial charge in [0.05, 0.1) is 0 Å². The Labute approximate surface area is 282 Å². The molecule has 266 valence electrons. The van der Waals surface area contributed by atoms with Crippen LogP contribution in [0.4, 0.5) is 0 Å². The van der Waals surface area contributed by atoms with Crippen molar-refractivity contribution in [2.45, 2.75) is 271 Å². The first-order valence-corrected chi connectivity index (χ1v) is 21.1. The molecule has 0 aliphatic carbocycles. The first kappa shape index (κ1) is 44.0. The molecule has 0 N–H and O–H groups in total. The van der Waals surface area contributed by atoms with Gasteiger partial charge in [0, 0.05) is 11.1 Å². The maximum absolute atomic E-state index is 2.98. The summed E-state index contributed by atoms with van der Waals surface area (Å²) >= 11 is 0. The molecule has 0 spiro atoms. The van der Waals surface area contributed by atoms with Crippen molar-refractivity contribution < 1.29 is 0 Å². The quantitative estimate of drug-likeness (QED) is 0.0631. The highest BCUT2D eigenvalue weighted by atomic mass is 15.2. The lowest BCUT2D eigenvalue weighted by molar-refractivity contribution is 0.00151. The lowest BCUT2D eigenvalue weighted by Gasteiger charge is -2.49. The maximum atomic E-state index is 2.98. The van der Waals surface area contributed by atoms with Crippen molar-refractivity contribution in [1.82, 2.24) is 4.90 Å². The first-order chi connectivity index (χ1) is 21.3. The van der Waals surface area contributed by atoms with E-state index in [1.54, 1.807) is 0 Å². The smallest absolute Gasteiger partial charge is 0.0158 e. The van der Waals surface area contributed by atoms with Crippen LogP contribution in [0, 0.1) is 0 Å². The Hall–Kier alpha value is -0.0400. The summed E-state index contributed by atoms with van der Waals surface area (Å²) < 4.78 is 0. The van der Waals surface area contributed by atoms with E-state index in [4.69, 9.17) is 0 Å². The molecule has 1 heteroatoms. The summed E-state index contributed by atoms with van der Waals surface area (Å²) in [6.07, 6.45) is 47.3. The lowest BCUT2D eigenvalue weighted by atomic mass is 9.85. The van der Waals surface area contributed by atoms with Gasteiger partial charge in [-0.1, -0.05) is 213 Å². The van der Waals surface area contributed by atoms with Crippen LogP contribution >= 0.6 is 0 Å². The molecule has 0 heterocycles. The molecule has 0 amide bonds. The van der Waals surface area contributed by atoms with Crippen molar-refractivity contribution >= 4 is 0 Å². The van der Waals surface area contributed by atoms with E-state index in [1.807, 2.05) is 0 Å². The van der Waals surface area contributed by atoms with E-state index < -0.39 is 0 Å². The Balaban J connectivity index is 4.46. The maximum Gasteiger partial charge on any atom is 0.0158 e. The molecule has 1 nitrogen and oxygen atoms in total. The molecule has 0 saturated carbocycles. The van der Waals surface area contributed by atoms with Crippen molar-refractivity contribution in [2.75, 3.05) is 6.54 Å². The van der Waals surface area contributed by atoms with Crippen LogP contribution in [0.2, 0.25) is 0 Å². The molecule has 0 atom stereocenters. The highest BCUT2D eigenvalue weighted by Gasteiger charge is 2.36. The van der Waals surface area contributed by atoms with E-state index in [0.29, 0.717) is 11.1 Å². The van der Waals surface area contributed by atoms with E-state index >= 15 is 0 Å². The Kier molecular flexibility index (Phi) is 31.5. The molecule has 0 aliphatic rings. The summed E-state index contributed by atoms with van der Waals surface area (Å²) in [5.74, 6) is 0. The molecular formula is C43H89N. The van der Waals surface area contributed by atoms with Crippen LogP contribution in [0.5, 0.6) is 0 Å². The van der Waals surface area contributed by atoms with Crippen LogP contribution in [0.15, 0.2) is 0 Å². The van der Waals surface area contributed by atoms with Gasteiger partial charge in [-0.25, -0.2) is 0 Å². The highest BCUT2D eigenvalue weighted by Crippen LogP contribution is 2.34. The topological polar surface area (TPSA) is 3.24 Å². The fourth-order valence-corrected chi connectivity index (χ4v) is 7.72. The zero-order valence-electron chi connectivity index (χ0n) is 32.5. The fourth-order valence-electron chi connectivity index (χ4n) is 7.72. The second kappa shape index (κ2) is 31.6. The second-order valence-electron chi connectivity index (χ2n) is 16.2. The number of hydrogen-bond donors (Lipinski definition) is 0. The number of hydrogen-bond acceptors (Lipinski definition) is 1. The molecule has 0 aliphatic heterocycles. The molecule has 0 fully saturated rings. The molecule has 0 radical (unpaired) electrons. The van der Waals surface area contributed by atoms with E-state index in [-0.39, 0.29) is 0 Å². The van der Waals surface area contributed by atoms with Crippen molar-refractivity contribution in [3.05, 3.63) is 0 Å². The number of nitrogens with zero attached hydrogens (tertiary/aromatic N) is 1. The minimum Gasteiger partial charge on any atom is -0.293 e. The highest BCUT2D eigenvalue weighted by molar-refractivity contribution is 4.92. The van der Waals surface area contributed by atoms with Gasteiger partial charge in [0.2, 0.25) is 0 Å². The molecule has 0 saturated heterocycles. The van der Waals surface area contributed by atoms with E-state index in [9.17, 15) is 0 Å². The molecule has 0 aromatic heterocycles. The minimum absolute atomic E-state index is 0.307. The first-order valence-electron chi connectivity index (χ1n) is 21.1. The standard InChI is InChI=1S/C43H89N/c1-8-11-14-17-20-22-24-26-28-30-33-36-39-42(4,5)44(41-38-35-32-19-16-13-10-3)43(6,7)40-37-34-31-29-27-25-23-21-18-15-12-9-2/h8-41H2,1-7H3. The Morgan fingerprint density at radius 1 is 0.273 bits per heavy atom. The van der Waals surface area contributed by atoms with Gasteiger partial charge in [0.1, 0.15) is 0 Å². The largest absolute Gasteiger partial charge is 0.293 e. The average molecular weight is 620 g/mol. The van der Waals surface area contributed by atoms with Crippen LogP contribution in [0.3, 0.4) is 0 Å². The van der Waals surface area contributed by atoms with Gasteiger partial charge in [-0.05, 0) is 53.5 Å². The van der Waals surface area contributed by atoms with Gasteiger partial charge in [-0.3, -0.25) is 4.90 Å². The van der Waals surface area contributed by atoms with Crippen LogP contribution in [0.25, 0.3) is 0 Å². The Morgan fingerprint density at radius 2 is 0.477 bits per heavy atom. The van der Waals surface area contributed by atoms with Gasteiger partial charge in [-0.2, -0.15) is 0 Å². The fraction of sp³-hybridized carbons (Fsp3) is 1.00. The van der Waals surface area contributed by atoms with Crippen LogP contribution in [-0.2, 0) is 0 Å². The summed E-state index contributed by atoms with van der Waals surface area (Å²) in [7, 11) is 0. The molecular weight excluding hydrogens is 530 g/mol. The predicted molar refractivity (Wildman–Crippen MR) is 204 cm³/mol. The van der Waals surface area contributed by atoms with Gasteiger partial charge in [0.15, 0.2) is 0 Å². The van der Waals surface area contributed by atoms with Crippen LogP contribution < -0.4 is 0 Å². The third-order valence-electron chi connectivity index (χ3n) is 10.7. The normalized spacial score (nSPS) is 12.5. The summed E-state index contributed by atoms with van der Waals surface area (Å²) in [6, 6.07) is 0. The summed E-state index contributed by atoms with van der Waals surface area (Å²) in [4.78, 5) is 2.98. The Bertz CT molecular complexity index is 509. The monoisotopic (exact) mass is 620 g/mol. The van der Waals surface area contributed by atoms with Crippen molar-refractivity contribution in [3.63, 3.8) is 0 Å². The zero-order chi connectivity index (χ0) is 32.6. The zero-order valence-corrected chi connectivity index (χ0v) is 32.5. The van der Waals surface area contributed by atoms with Crippen LogP contribution in [0.1, 0.15) is 260 Å².